The number of amides is 1. The van der Waals surface area contributed by atoms with E-state index < -0.39 is 6.10 Å². The topological polar surface area (TPSA) is 75.4 Å². The molecule has 1 heterocycles. The van der Waals surface area contributed by atoms with Crippen LogP contribution in [-0.4, -0.2) is 28.6 Å². The van der Waals surface area contributed by atoms with Gasteiger partial charge in [0.25, 0.3) is 0 Å². The molecule has 0 saturated heterocycles. The summed E-state index contributed by atoms with van der Waals surface area (Å²) < 4.78 is 5.45. The maximum absolute atomic E-state index is 11.6. The van der Waals surface area contributed by atoms with Crippen LogP contribution in [0.4, 0.5) is 0 Å². The van der Waals surface area contributed by atoms with Gasteiger partial charge in [0.15, 0.2) is 5.58 Å². The molecule has 2 rings (SSSR count). The number of aliphatic hydroxyl groups is 1. The molecule has 106 valence electrons. The number of rotatable bonds is 5. The van der Waals surface area contributed by atoms with Gasteiger partial charge in [-0.1, -0.05) is 26.0 Å². The first-order valence-electron chi connectivity index (χ1n) is 6.56. The largest absolute Gasteiger partial charge is 0.437 e. The highest BCUT2D eigenvalue weighted by atomic mass is 16.3. The summed E-state index contributed by atoms with van der Waals surface area (Å²) >= 11 is 0. The minimum atomic E-state index is -0.545. The van der Waals surface area contributed by atoms with Gasteiger partial charge in [0.05, 0.1) is 6.10 Å². The van der Waals surface area contributed by atoms with Gasteiger partial charge in [-0.15, -0.1) is 0 Å². The molecule has 0 fully saturated rings. The van der Waals surface area contributed by atoms with Crippen molar-refractivity contribution in [3.8, 4) is 0 Å². The summed E-state index contributed by atoms with van der Waals surface area (Å²) in [5.74, 6) is 0.203. The number of para-hydroxylation sites is 2. The average Bonchev–Trinajstić information content (AvgIpc) is 2.85. The fourth-order valence-corrected chi connectivity index (χ4v) is 1.61. The van der Waals surface area contributed by atoms with Crippen molar-refractivity contribution in [2.45, 2.75) is 20.0 Å². The van der Waals surface area contributed by atoms with Crippen LogP contribution in [0.1, 0.15) is 19.7 Å². The van der Waals surface area contributed by atoms with Crippen molar-refractivity contribution in [2.24, 2.45) is 5.92 Å². The van der Waals surface area contributed by atoms with Gasteiger partial charge in [-0.2, -0.15) is 0 Å². The predicted molar refractivity (Wildman–Crippen MR) is 76.9 cm³/mol. The van der Waals surface area contributed by atoms with E-state index in [1.54, 1.807) is 0 Å². The number of aliphatic hydroxyl groups excluding tert-OH is 1. The molecule has 1 amide bonds. The number of aromatic nitrogens is 1. The van der Waals surface area contributed by atoms with Crippen molar-refractivity contribution in [2.75, 3.05) is 6.54 Å². The highest BCUT2D eigenvalue weighted by Crippen LogP contribution is 2.15. The van der Waals surface area contributed by atoms with Crippen LogP contribution in [-0.2, 0) is 4.79 Å². The summed E-state index contributed by atoms with van der Waals surface area (Å²) in [6.45, 7) is 4.02. The molecule has 2 N–H and O–H groups in total. The Morgan fingerprint density at radius 3 is 2.90 bits per heavy atom. The summed E-state index contributed by atoms with van der Waals surface area (Å²) in [6, 6.07) is 7.40. The van der Waals surface area contributed by atoms with Crippen LogP contribution in [0.25, 0.3) is 17.2 Å². The van der Waals surface area contributed by atoms with Crippen LogP contribution in [0.5, 0.6) is 0 Å². The number of hydrogen-bond donors (Lipinski definition) is 2. The van der Waals surface area contributed by atoms with Gasteiger partial charge in [-0.05, 0) is 18.1 Å². The third-order valence-electron chi connectivity index (χ3n) is 2.94. The fourth-order valence-electron chi connectivity index (χ4n) is 1.61. The van der Waals surface area contributed by atoms with E-state index in [1.165, 1.54) is 12.2 Å². The van der Waals surface area contributed by atoms with Crippen molar-refractivity contribution < 1.29 is 14.3 Å². The Morgan fingerprint density at radius 1 is 1.45 bits per heavy atom. The van der Waals surface area contributed by atoms with Gasteiger partial charge >= 0.3 is 0 Å². The van der Waals surface area contributed by atoms with E-state index in [9.17, 15) is 9.90 Å². The first-order chi connectivity index (χ1) is 9.56. The van der Waals surface area contributed by atoms with Crippen molar-refractivity contribution in [3.63, 3.8) is 0 Å². The first kappa shape index (κ1) is 14.3. The predicted octanol–water partition coefficient (Wildman–Crippen LogP) is 1.97. The van der Waals surface area contributed by atoms with Crippen LogP contribution in [0.15, 0.2) is 34.8 Å². The number of nitrogens with one attached hydrogen (secondary N) is 1. The Bertz CT molecular complexity index is 583. The zero-order chi connectivity index (χ0) is 14.5. The molecule has 5 nitrogen and oxygen atoms in total. The lowest BCUT2D eigenvalue weighted by Gasteiger charge is -2.13. The highest BCUT2D eigenvalue weighted by Gasteiger charge is 2.09. The molecule has 1 aromatic heterocycles. The van der Waals surface area contributed by atoms with Crippen LogP contribution < -0.4 is 5.32 Å². The molecule has 0 bridgehead atoms. The Kier molecular flexibility index (Phi) is 4.53. The molecule has 0 radical (unpaired) electrons. The van der Waals surface area contributed by atoms with Crippen LogP contribution in [0.3, 0.4) is 0 Å². The van der Waals surface area contributed by atoms with Gasteiger partial charge in [0.2, 0.25) is 11.8 Å². The number of benzene rings is 1. The van der Waals surface area contributed by atoms with E-state index in [2.05, 4.69) is 10.3 Å². The first-order valence-corrected chi connectivity index (χ1v) is 6.56. The summed E-state index contributed by atoms with van der Waals surface area (Å²) in [7, 11) is 0. The molecule has 1 unspecified atom stereocenters. The Hall–Kier alpha value is -2.14. The van der Waals surface area contributed by atoms with Gasteiger partial charge in [0.1, 0.15) is 5.52 Å². The average molecular weight is 274 g/mol. The molecular weight excluding hydrogens is 256 g/mol. The third-order valence-corrected chi connectivity index (χ3v) is 2.94. The number of fused-ring (bicyclic) bond motifs is 1. The van der Waals surface area contributed by atoms with E-state index in [4.69, 9.17) is 4.42 Å². The maximum Gasteiger partial charge on any atom is 0.244 e. The Morgan fingerprint density at radius 2 is 2.20 bits per heavy atom. The SMILES string of the molecule is CC(C)C(O)CNC(=O)/C=C/c1nc2ccccc2o1. The second-order valence-electron chi connectivity index (χ2n) is 4.91. The molecule has 0 saturated carbocycles. The number of nitrogens with zero attached hydrogens (tertiary/aromatic N) is 1. The standard InChI is InChI=1S/C15H18N2O3/c1-10(2)12(18)9-16-14(19)7-8-15-17-11-5-3-4-6-13(11)20-15/h3-8,10,12,18H,9H2,1-2H3,(H,16,19)/b8-7+. The van der Waals surface area contributed by atoms with Gasteiger partial charge in [-0.25, -0.2) is 4.98 Å². The number of oxazole rings is 1. The van der Waals surface area contributed by atoms with E-state index in [0.29, 0.717) is 11.5 Å². The number of carbonyl (C=O) groups is 1. The summed E-state index contributed by atoms with van der Waals surface area (Å²) in [4.78, 5) is 15.8. The lowest BCUT2D eigenvalue weighted by atomic mass is 10.1. The van der Waals surface area contributed by atoms with Gasteiger partial charge in [-0.3, -0.25) is 4.79 Å². The molecule has 0 aliphatic rings. The van der Waals surface area contributed by atoms with E-state index in [0.717, 1.165) is 5.52 Å². The van der Waals surface area contributed by atoms with Crippen molar-refractivity contribution in [3.05, 3.63) is 36.2 Å². The van der Waals surface area contributed by atoms with E-state index >= 15 is 0 Å². The third kappa shape index (κ3) is 3.68. The highest BCUT2D eigenvalue weighted by molar-refractivity contribution is 5.91. The smallest absolute Gasteiger partial charge is 0.244 e. The lowest BCUT2D eigenvalue weighted by Crippen LogP contribution is -2.33. The molecule has 1 aromatic carbocycles. The van der Waals surface area contributed by atoms with Gasteiger partial charge in [0, 0.05) is 18.7 Å². The summed E-state index contributed by atoms with van der Waals surface area (Å²) in [6.07, 6.45) is 2.31. The minimum absolute atomic E-state index is 0.108. The molecule has 0 aliphatic heterocycles. The number of carbonyl (C=O) groups excluding carboxylic acids is 1. The van der Waals surface area contributed by atoms with E-state index in [1.807, 2.05) is 38.1 Å². The summed E-state index contributed by atoms with van der Waals surface area (Å²) in [5, 5.41) is 12.2. The van der Waals surface area contributed by atoms with Gasteiger partial charge < -0.3 is 14.8 Å². The quantitative estimate of drug-likeness (QED) is 0.817. The normalized spacial score (nSPS) is 13.2. The zero-order valence-electron chi connectivity index (χ0n) is 11.5. The second-order valence-corrected chi connectivity index (χ2v) is 4.91. The molecule has 20 heavy (non-hydrogen) atoms. The zero-order valence-corrected chi connectivity index (χ0v) is 11.5. The summed E-state index contributed by atoms with van der Waals surface area (Å²) in [5.41, 5.74) is 1.44. The van der Waals surface area contributed by atoms with Crippen LogP contribution in [0, 0.1) is 5.92 Å². The van der Waals surface area contributed by atoms with Crippen molar-refractivity contribution in [1.29, 1.82) is 0 Å². The van der Waals surface area contributed by atoms with Crippen LogP contribution >= 0.6 is 0 Å². The van der Waals surface area contributed by atoms with Crippen molar-refractivity contribution >= 4 is 23.1 Å². The van der Waals surface area contributed by atoms with E-state index in [-0.39, 0.29) is 18.4 Å². The molecule has 2 aromatic rings. The van der Waals surface area contributed by atoms with Crippen LogP contribution in [0.2, 0.25) is 0 Å². The fraction of sp³-hybridized carbons (Fsp3) is 0.333. The molecule has 0 spiro atoms. The Balaban J connectivity index is 1.93. The molecule has 1 atom stereocenters. The second kappa shape index (κ2) is 6.34. The molecule has 0 aliphatic carbocycles. The minimum Gasteiger partial charge on any atom is -0.437 e. The van der Waals surface area contributed by atoms with Crippen molar-refractivity contribution in [1.82, 2.24) is 10.3 Å². The Labute approximate surface area is 117 Å². The monoisotopic (exact) mass is 274 g/mol. The molecular formula is C15H18N2O3. The molecule has 5 heteroatoms. The number of hydrogen-bond acceptors (Lipinski definition) is 4. The lowest BCUT2D eigenvalue weighted by molar-refractivity contribution is -0.117. The maximum atomic E-state index is 11.6.